The van der Waals surface area contributed by atoms with Gasteiger partial charge in [0.05, 0.1) is 13.2 Å². The number of benzene rings is 1. The van der Waals surface area contributed by atoms with Gasteiger partial charge < -0.3 is 19.7 Å². The van der Waals surface area contributed by atoms with Crippen LogP contribution >= 0.6 is 0 Å². The molecule has 0 bridgehead atoms. The van der Waals surface area contributed by atoms with Crippen LogP contribution in [0.5, 0.6) is 5.75 Å². The summed E-state index contributed by atoms with van der Waals surface area (Å²) in [6, 6.07) is 7.48. The van der Waals surface area contributed by atoms with E-state index in [0.29, 0.717) is 12.5 Å². The summed E-state index contributed by atoms with van der Waals surface area (Å²) in [6.07, 6.45) is 4.87. The molecule has 0 aromatic heterocycles. The lowest BCUT2D eigenvalue weighted by molar-refractivity contribution is 0.141. The SMILES string of the molecule is CN(CC1CCC1)C(=O)Nc1ccc(OC2CCOC2)cc1. The molecule has 0 radical (unpaired) electrons. The van der Waals surface area contributed by atoms with Crippen LogP contribution in [0.4, 0.5) is 10.5 Å². The summed E-state index contributed by atoms with van der Waals surface area (Å²) < 4.78 is 11.1. The van der Waals surface area contributed by atoms with Crippen LogP contribution in [0, 0.1) is 5.92 Å². The van der Waals surface area contributed by atoms with Crippen molar-refractivity contribution in [3.8, 4) is 5.75 Å². The molecule has 1 aromatic rings. The van der Waals surface area contributed by atoms with Crippen LogP contribution < -0.4 is 10.1 Å². The minimum absolute atomic E-state index is 0.0511. The van der Waals surface area contributed by atoms with E-state index >= 15 is 0 Å². The summed E-state index contributed by atoms with van der Waals surface area (Å²) in [5.74, 6) is 1.50. The van der Waals surface area contributed by atoms with Gasteiger partial charge in [-0.25, -0.2) is 4.79 Å². The zero-order valence-electron chi connectivity index (χ0n) is 13.1. The zero-order valence-corrected chi connectivity index (χ0v) is 13.1. The Morgan fingerprint density at radius 2 is 2.09 bits per heavy atom. The lowest BCUT2D eigenvalue weighted by Gasteiger charge is -2.30. The fourth-order valence-corrected chi connectivity index (χ4v) is 2.78. The van der Waals surface area contributed by atoms with Crippen molar-refractivity contribution in [2.24, 2.45) is 5.92 Å². The number of anilines is 1. The fourth-order valence-electron chi connectivity index (χ4n) is 2.78. The first-order valence-electron chi connectivity index (χ1n) is 8.07. The maximum absolute atomic E-state index is 12.1. The van der Waals surface area contributed by atoms with Crippen LogP contribution in [0.25, 0.3) is 0 Å². The molecule has 5 heteroatoms. The number of ether oxygens (including phenoxy) is 2. The average Bonchev–Trinajstić information content (AvgIpc) is 2.97. The van der Waals surface area contributed by atoms with Gasteiger partial charge in [-0.15, -0.1) is 0 Å². The molecule has 1 saturated carbocycles. The molecule has 1 aliphatic heterocycles. The van der Waals surface area contributed by atoms with E-state index in [2.05, 4.69) is 5.32 Å². The van der Waals surface area contributed by atoms with Gasteiger partial charge >= 0.3 is 6.03 Å². The minimum Gasteiger partial charge on any atom is -0.488 e. The molecule has 2 fully saturated rings. The lowest BCUT2D eigenvalue weighted by atomic mass is 9.85. The summed E-state index contributed by atoms with van der Waals surface area (Å²) in [7, 11) is 1.85. The molecule has 1 unspecified atom stereocenters. The second-order valence-electron chi connectivity index (χ2n) is 6.24. The first-order chi connectivity index (χ1) is 10.7. The third-order valence-electron chi connectivity index (χ3n) is 4.40. The molecule has 22 heavy (non-hydrogen) atoms. The quantitative estimate of drug-likeness (QED) is 0.909. The van der Waals surface area contributed by atoms with E-state index < -0.39 is 0 Å². The second kappa shape index (κ2) is 7.01. The molecular weight excluding hydrogens is 280 g/mol. The van der Waals surface area contributed by atoms with E-state index in [4.69, 9.17) is 9.47 Å². The Hall–Kier alpha value is -1.75. The molecule has 1 N–H and O–H groups in total. The monoisotopic (exact) mass is 304 g/mol. The molecule has 5 nitrogen and oxygen atoms in total. The maximum Gasteiger partial charge on any atom is 0.321 e. The van der Waals surface area contributed by atoms with Crippen molar-refractivity contribution in [1.82, 2.24) is 4.90 Å². The Morgan fingerprint density at radius 3 is 2.68 bits per heavy atom. The number of carbonyl (C=O) groups excluding carboxylic acids is 1. The van der Waals surface area contributed by atoms with E-state index in [1.807, 2.05) is 31.3 Å². The topological polar surface area (TPSA) is 50.8 Å². The number of nitrogens with zero attached hydrogens (tertiary/aromatic N) is 1. The number of hydrogen-bond donors (Lipinski definition) is 1. The van der Waals surface area contributed by atoms with Gasteiger partial charge in [0.25, 0.3) is 0 Å². The van der Waals surface area contributed by atoms with E-state index in [1.54, 1.807) is 4.90 Å². The predicted molar refractivity (Wildman–Crippen MR) is 85.3 cm³/mol. The molecule has 1 heterocycles. The number of rotatable bonds is 5. The van der Waals surface area contributed by atoms with Crippen LogP contribution in [0.1, 0.15) is 25.7 Å². The van der Waals surface area contributed by atoms with Crippen molar-refractivity contribution in [2.45, 2.75) is 31.8 Å². The number of carbonyl (C=O) groups is 1. The number of hydrogen-bond acceptors (Lipinski definition) is 3. The number of nitrogens with one attached hydrogen (secondary N) is 1. The van der Waals surface area contributed by atoms with E-state index in [-0.39, 0.29) is 12.1 Å². The minimum atomic E-state index is -0.0511. The molecule has 1 aromatic carbocycles. The normalized spacial score (nSPS) is 21.2. The molecule has 0 spiro atoms. The maximum atomic E-state index is 12.1. The third-order valence-corrected chi connectivity index (χ3v) is 4.40. The van der Waals surface area contributed by atoms with E-state index in [0.717, 1.165) is 31.0 Å². The third kappa shape index (κ3) is 3.91. The highest BCUT2D eigenvalue weighted by molar-refractivity contribution is 5.89. The highest BCUT2D eigenvalue weighted by Gasteiger charge is 2.21. The summed E-state index contributed by atoms with van der Waals surface area (Å²) in [5, 5.41) is 2.92. The highest BCUT2D eigenvalue weighted by Crippen LogP contribution is 2.27. The number of urea groups is 1. The van der Waals surface area contributed by atoms with Crippen LogP contribution in [0.2, 0.25) is 0 Å². The molecular formula is C17H24N2O3. The number of amides is 2. The van der Waals surface area contributed by atoms with Crippen molar-refractivity contribution >= 4 is 11.7 Å². The second-order valence-corrected chi connectivity index (χ2v) is 6.24. The Labute approximate surface area is 131 Å². The van der Waals surface area contributed by atoms with Crippen LogP contribution in [-0.2, 0) is 4.74 Å². The van der Waals surface area contributed by atoms with Gasteiger partial charge in [0.15, 0.2) is 0 Å². The van der Waals surface area contributed by atoms with Gasteiger partial charge in [0.2, 0.25) is 0 Å². The lowest BCUT2D eigenvalue weighted by Crippen LogP contribution is -2.37. The Bertz CT molecular complexity index is 493. The Kier molecular flexibility index (Phi) is 4.83. The molecule has 1 atom stereocenters. The van der Waals surface area contributed by atoms with Crippen molar-refractivity contribution in [1.29, 1.82) is 0 Å². The standard InChI is InChI=1S/C17H24N2O3/c1-19(11-13-3-2-4-13)17(20)18-14-5-7-15(8-6-14)22-16-9-10-21-12-16/h5-8,13,16H,2-4,9-12H2,1H3,(H,18,20). The van der Waals surface area contributed by atoms with Gasteiger partial charge in [-0.2, -0.15) is 0 Å². The van der Waals surface area contributed by atoms with Crippen molar-refractivity contribution < 1.29 is 14.3 Å². The summed E-state index contributed by atoms with van der Waals surface area (Å²) in [6.45, 7) is 2.27. The molecule has 120 valence electrons. The van der Waals surface area contributed by atoms with Crippen molar-refractivity contribution in [3.05, 3.63) is 24.3 Å². The fraction of sp³-hybridized carbons (Fsp3) is 0.588. The molecule has 1 aliphatic carbocycles. The van der Waals surface area contributed by atoms with Gasteiger partial charge in [0, 0.05) is 25.7 Å². The average molecular weight is 304 g/mol. The van der Waals surface area contributed by atoms with Crippen LogP contribution in [-0.4, -0.2) is 43.8 Å². The van der Waals surface area contributed by atoms with Gasteiger partial charge in [-0.3, -0.25) is 0 Å². The molecule has 1 saturated heterocycles. The van der Waals surface area contributed by atoms with Crippen molar-refractivity contribution in [3.63, 3.8) is 0 Å². The van der Waals surface area contributed by atoms with Gasteiger partial charge in [-0.05, 0) is 43.0 Å². The molecule has 2 aliphatic rings. The summed E-state index contributed by atoms with van der Waals surface area (Å²) in [5.41, 5.74) is 0.792. The van der Waals surface area contributed by atoms with Crippen molar-refractivity contribution in [2.75, 3.05) is 32.1 Å². The first kappa shape index (κ1) is 15.2. The van der Waals surface area contributed by atoms with E-state index in [1.165, 1.54) is 19.3 Å². The van der Waals surface area contributed by atoms with Gasteiger partial charge in [-0.1, -0.05) is 6.42 Å². The molecule has 3 rings (SSSR count). The van der Waals surface area contributed by atoms with Crippen LogP contribution in [0.15, 0.2) is 24.3 Å². The predicted octanol–water partition coefficient (Wildman–Crippen LogP) is 3.12. The largest absolute Gasteiger partial charge is 0.488 e. The Morgan fingerprint density at radius 1 is 1.32 bits per heavy atom. The summed E-state index contributed by atoms with van der Waals surface area (Å²) in [4.78, 5) is 13.9. The smallest absolute Gasteiger partial charge is 0.321 e. The van der Waals surface area contributed by atoms with Crippen LogP contribution in [0.3, 0.4) is 0 Å². The highest BCUT2D eigenvalue weighted by atomic mass is 16.5. The zero-order chi connectivity index (χ0) is 15.4. The first-order valence-corrected chi connectivity index (χ1v) is 8.07. The Balaban J connectivity index is 1.48. The summed E-state index contributed by atoms with van der Waals surface area (Å²) >= 11 is 0. The van der Waals surface area contributed by atoms with E-state index in [9.17, 15) is 4.79 Å². The molecule has 2 amide bonds. The van der Waals surface area contributed by atoms with Gasteiger partial charge in [0.1, 0.15) is 11.9 Å².